The molecule has 0 bridgehead atoms. The summed E-state index contributed by atoms with van der Waals surface area (Å²) in [6.45, 7) is 2.66. The van der Waals surface area contributed by atoms with Gasteiger partial charge in [0, 0.05) is 37.5 Å². The fourth-order valence-electron chi connectivity index (χ4n) is 2.99. The maximum Gasteiger partial charge on any atom is 0.229 e. The maximum atomic E-state index is 12.0. The van der Waals surface area contributed by atoms with Crippen LogP contribution >= 0.6 is 0 Å². The standard InChI is InChI=1S/C14H17N7O2/c15-11-10-8(12-16-1-2-17-12)7-9(22)18-13(10)20-14(19-11)21-3-5-23-6-4-21/h1-2,8H,3-7H2,(H,16,17)(H3,15,18,19,20,22)/t8-/m0/s1. The number of morpholine rings is 1. The van der Waals surface area contributed by atoms with E-state index in [-0.39, 0.29) is 18.2 Å². The van der Waals surface area contributed by atoms with Crippen LogP contribution in [0.4, 0.5) is 17.6 Å². The van der Waals surface area contributed by atoms with Crippen molar-refractivity contribution in [2.24, 2.45) is 0 Å². The Bertz CT molecular complexity index is 725. The van der Waals surface area contributed by atoms with Crippen LogP contribution in [0.15, 0.2) is 12.4 Å². The third-order valence-corrected chi connectivity index (χ3v) is 4.10. The van der Waals surface area contributed by atoms with Crippen molar-refractivity contribution in [1.29, 1.82) is 0 Å². The van der Waals surface area contributed by atoms with Crippen LogP contribution in [-0.2, 0) is 9.53 Å². The van der Waals surface area contributed by atoms with Gasteiger partial charge in [0.2, 0.25) is 11.9 Å². The molecule has 2 aromatic heterocycles. The highest BCUT2D eigenvalue weighted by molar-refractivity contribution is 5.95. The fraction of sp³-hybridized carbons (Fsp3) is 0.429. The lowest BCUT2D eigenvalue weighted by Gasteiger charge is -2.30. The van der Waals surface area contributed by atoms with Gasteiger partial charge < -0.3 is 25.7 Å². The summed E-state index contributed by atoms with van der Waals surface area (Å²) in [6, 6.07) is 0. The summed E-state index contributed by atoms with van der Waals surface area (Å²) in [4.78, 5) is 30.3. The number of carbonyl (C=O) groups excluding carboxylic acids is 1. The molecule has 9 heteroatoms. The van der Waals surface area contributed by atoms with E-state index in [1.165, 1.54) is 0 Å². The minimum Gasteiger partial charge on any atom is -0.383 e. The number of nitrogens with zero attached hydrogens (tertiary/aromatic N) is 4. The summed E-state index contributed by atoms with van der Waals surface area (Å²) in [7, 11) is 0. The molecule has 2 aliphatic heterocycles. The Kier molecular flexibility index (Phi) is 3.34. The van der Waals surface area contributed by atoms with Gasteiger partial charge in [-0.3, -0.25) is 4.79 Å². The molecule has 1 atom stereocenters. The zero-order valence-corrected chi connectivity index (χ0v) is 12.5. The van der Waals surface area contributed by atoms with Crippen molar-refractivity contribution in [1.82, 2.24) is 19.9 Å². The van der Waals surface area contributed by atoms with Crippen molar-refractivity contribution in [3.05, 3.63) is 23.8 Å². The Hall–Kier alpha value is -2.68. The SMILES string of the molecule is Nc1nc(N2CCOCC2)nc2c1[C@@H](c1ncc[nH]1)CC(=O)N2. The number of hydrogen-bond acceptors (Lipinski definition) is 7. The maximum absolute atomic E-state index is 12.0. The molecule has 0 saturated carbocycles. The number of imidazole rings is 1. The molecule has 4 N–H and O–H groups in total. The number of hydrogen-bond donors (Lipinski definition) is 3. The number of aromatic nitrogens is 4. The molecule has 4 rings (SSSR count). The van der Waals surface area contributed by atoms with Crippen LogP contribution in [0, 0.1) is 0 Å². The van der Waals surface area contributed by atoms with Crippen molar-refractivity contribution in [2.75, 3.05) is 42.3 Å². The van der Waals surface area contributed by atoms with Crippen molar-refractivity contribution >= 4 is 23.5 Å². The molecule has 2 aliphatic rings. The number of ether oxygens (including phenoxy) is 1. The van der Waals surface area contributed by atoms with Gasteiger partial charge in [-0.2, -0.15) is 9.97 Å². The molecule has 23 heavy (non-hydrogen) atoms. The summed E-state index contributed by atoms with van der Waals surface area (Å²) in [5, 5.41) is 2.80. The Morgan fingerprint density at radius 2 is 2.13 bits per heavy atom. The topological polar surface area (TPSA) is 122 Å². The first-order valence-corrected chi connectivity index (χ1v) is 7.51. The Morgan fingerprint density at radius 3 is 2.87 bits per heavy atom. The molecule has 0 spiro atoms. The summed E-state index contributed by atoms with van der Waals surface area (Å²) < 4.78 is 5.34. The van der Waals surface area contributed by atoms with E-state index in [0.29, 0.717) is 49.7 Å². The Labute approximate surface area is 132 Å². The van der Waals surface area contributed by atoms with Gasteiger partial charge in [0.15, 0.2) is 0 Å². The number of carbonyl (C=O) groups is 1. The molecule has 0 aromatic carbocycles. The normalized spacial score (nSPS) is 21.0. The zero-order valence-electron chi connectivity index (χ0n) is 12.5. The van der Waals surface area contributed by atoms with E-state index in [2.05, 4.69) is 25.3 Å². The van der Waals surface area contributed by atoms with Crippen molar-refractivity contribution in [3.8, 4) is 0 Å². The largest absolute Gasteiger partial charge is 0.383 e. The number of rotatable bonds is 2. The van der Waals surface area contributed by atoms with Crippen LogP contribution in [0.1, 0.15) is 23.7 Å². The van der Waals surface area contributed by atoms with E-state index in [4.69, 9.17) is 10.5 Å². The highest BCUT2D eigenvalue weighted by Crippen LogP contribution is 2.38. The van der Waals surface area contributed by atoms with Gasteiger partial charge in [-0.25, -0.2) is 4.98 Å². The van der Waals surface area contributed by atoms with Gasteiger partial charge in [0.05, 0.1) is 19.1 Å². The molecule has 1 fully saturated rings. The van der Waals surface area contributed by atoms with Gasteiger partial charge in [-0.15, -0.1) is 0 Å². The van der Waals surface area contributed by atoms with E-state index >= 15 is 0 Å². The molecule has 0 aliphatic carbocycles. The van der Waals surface area contributed by atoms with Crippen molar-refractivity contribution in [3.63, 3.8) is 0 Å². The number of H-pyrrole nitrogens is 1. The van der Waals surface area contributed by atoms with E-state index in [1.807, 2.05) is 4.90 Å². The smallest absolute Gasteiger partial charge is 0.229 e. The molecule has 0 radical (unpaired) electrons. The van der Waals surface area contributed by atoms with Crippen LogP contribution in [-0.4, -0.2) is 52.1 Å². The third kappa shape index (κ3) is 2.48. The molecular formula is C14H17N7O2. The average Bonchev–Trinajstić information content (AvgIpc) is 3.09. The lowest BCUT2D eigenvalue weighted by Crippen LogP contribution is -2.38. The second-order valence-electron chi connectivity index (χ2n) is 5.55. The van der Waals surface area contributed by atoms with Crippen LogP contribution in [0.5, 0.6) is 0 Å². The molecule has 2 aromatic rings. The molecule has 120 valence electrons. The minimum atomic E-state index is -0.257. The second kappa shape index (κ2) is 5.51. The summed E-state index contributed by atoms with van der Waals surface area (Å²) in [6.07, 6.45) is 3.65. The van der Waals surface area contributed by atoms with Gasteiger partial charge in [0.25, 0.3) is 0 Å². The van der Waals surface area contributed by atoms with Crippen molar-refractivity contribution < 1.29 is 9.53 Å². The lowest BCUT2D eigenvalue weighted by molar-refractivity contribution is -0.116. The number of aromatic amines is 1. The first kappa shape index (κ1) is 13.9. The number of nitrogens with two attached hydrogens (primary N) is 1. The third-order valence-electron chi connectivity index (χ3n) is 4.10. The van der Waals surface area contributed by atoms with Crippen LogP contribution in [0.2, 0.25) is 0 Å². The van der Waals surface area contributed by atoms with E-state index in [0.717, 1.165) is 5.56 Å². The second-order valence-corrected chi connectivity index (χ2v) is 5.55. The van der Waals surface area contributed by atoms with Crippen LogP contribution in [0.3, 0.4) is 0 Å². The highest BCUT2D eigenvalue weighted by atomic mass is 16.5. The predicted octanol–water partition coefficient (Wildman–Crippen LogP) is 0.0926. The molecule has 4 heterocycles. The molecule has 0 unspecified atom stereocenters. The minimum absolute atomic E-state index is 0.107. The van der Waals surface area contributed by atoms with Gasteiger partial charge in [-0.1, -0.05) is 0 Å². The van der Waals surface area contributed by atoms with E-state index in [9.17, 15) is 4.79 Å². The van der Waals surface area contributed by atoms with Crippen molar-refractivity contribution in [2.45, 2.75) is 12.3 Å². The Balaban J connectivity index is 1.76. The number of anilines is 3. The monoisotopic (exact) mass is 315 g/mol. The zero-order chi connectivity index (χ0) is 15.8. The average molecular weight is 315 g/mol. The summed E-state index contributed by atoms with van der Waals surface area (Å²) in [5.74, 6) is 1.69. The van der Waals surface area contributed by atoms with Crippen LogP contribution in [0.25, 0.3) is 0 Å². The quantitative estimate of drug-likeness (QED) is 0.718. The molecule has 1 amide bonds. The van der Waals surface area contributed by atoms with Gasteiger partial charge in [-0.05, 0) is 0 Å². The number of nitrogens with one attached hydrogen (secondary N) is 2. The lowest BCUT2D eigenvalue weighted by atomic mass is 9.92. The van der Waals surface area contributed by atoms with Crippen LogP contribution < -0.4 is 16.0 Å². The predicted molar refractivity (Wildman–Crippen MR) is 83.2 cm³/mol. The van der Waals surface area contributed by atoms with E-state index < -0.39 is 0 Å². The number of nitrogen functional groups attached to an aromatic ring is 1. The van der Waals surface area contributed by atoms with Gasteiger partial charge >= 0.3 is 0 Å². The number of fused-ring (bicyclic) bond motifs is 1. The van der Waals surface area contributed by atoms with Gasteiger partial charge in [0.1, 0.15) is 17.5 Å². The fourth-order valence-corrected chi connectivity index (χ4v) is 2.99. The summed E-state index contributed by atoms with van der Waals surface area (Å²) >= 11 is 0. The molecule has 1 saturated heterocycles. The molecule has 9 nitrogen and oxygen atoms in total. The highest BCUT2D eigenvalue weighted by Gasteiger charge is 2.33. The first-order chi connectivity index (χ1) is 11.2. The number of amides is 1. The summed E-state index contributed by atoms with van der Waals surface area (Å²) in [5.41, 5.74) is 6.91. The van der Waals surface area contributed by atoms with E-state index in [1.54, 1.807) is 12.4 Å². The molecular weight excluding hydrogens is 298 g/mol. The first-order valence-electron chi connectivity index (χ1n) is 7.51. The Morgan fingerprint density at radius 1 is 1.30 bits per heavy atom.